The molecule has 84 valence electrons. The number of anilines is 1. The van der Waals surface area contributed by atoms with Crippen LogP contribution in [0.1, 0.15) is 20.3 Å². The van der Waals surface area contributed by atoms with Crippen molar-refractivity contribution >= 4 is 5.82 Å². The normalized spacial score (nSPS) is 12.9. The van der Waals surface area contributed by atoms with Gasteiger partial charge in [-0.3, -0.25) is 0 Å². The maximum absolute atomic E-state index is 12.8. The summed E-state index contributed by atoms with van der Waals surface area (Å²) in [5, 5.41) is 12.1. The molecule has 1 heterocycles. The van der Waals surface area contributed by atoms with E-state index in [1.807, 2.05) is 0 Å². The number of hydrogen-bond donors (Lipinski definition) is 2. The van der Waals surface area contributed by atoms with Gasteiger partial charge in [0.1, 0.15) is 5.82 Å². The third-order valence-electron chi connectivity index (χ3n) is 2.04. The van der Waals surface area contributed by atoms with E-state index in [9.17, 15) is 4.39 Å². The van der Waals surface area contributed by atoms with Gasteiger partial charge < -0.3 is 10.4 Å². The summed E-state index contributed by atoms with van der Waals surface area (Å²) in [5.74, 6) is 0.430. The average molecular weight is 212 g/mol. The quantitative estimate of drug-likeness (QED) is 0.734. The lowest BCUT2D eigenvalue weighted by Crippen LogP contribution is -2.26. The van der Waals surface area contributed by atoms with Crippen LogP contribution in [0.3, 0.4) is 0 Å². The topological polar surface area (TPSA) is 45.1 Å². The second kappa shape index (κ2) is 5.66. The molecule has 0 amide bonds. The number of hydrogen-bond acceptors (Lipinski definition) is 3. The predicted octanol–water partition coefficient (Wildman–Crippen LogP) is 2.04. The maximum atomic E-state index is 12.8. The van der Waals surface area contributed by atoms with E-state index in [0.29, 0.717) is 11.7 Å². The molecule has 1 atom stereocenters. The molecule has 0 aromatic carbocycles. The zero-order valence-electron chi connectivity index (χ0n) is 9.07. The molecule has 1 rings (SSSR count). The molecule has 3 nitrogen and oxygen atoms in total. The maximum Gasteiger partial charge on any atom is 0.214 e. The van der Waals surface area contributed by atoms with Gasteiger partial charge in [-0.25, -0.2) is 4.98 Å². The molecule has 0 bridgehead atoms. The minimum Gasteiger partial charge on any atom is -0.394 e. The van der Waals surface area contributed by atoms with Gasteiger partial charge in [0.25, 0.3) is 0 Å². The number of nitrogens with one attached hydrogen (secondary N) is 1. The lowest BCUT2D eigenvalue weighted by Gasteiger charge is -2.18. The second-order valence-electron chi connectivity index (χ2n) is 4.00. The van der Waals surface area contributed by atoms with Crippen molar-refractivity contribution in [2.45, 2.75) is 26.3 Å². The zero-order chi connectivity index (χ0) is 11.3. The van der Waals surface area contributed by atoms with Crippen LogP contribution in [0, 0.1) is 11.9 Å². The highest BCUT2D eigenvalue weighted by atomic mass is 19.1. The summed E-state index contributed by atoms with van der Waals surface area (Å²) in [4.78, 5) is 3.68. The van der Waals surface area contributed by atoms with Gasteiger partial charge in [0.05, 0.1) is 12.6 Å². The standard InChI is InChI=1S/C11H17FN2O/c1-8(2)6-9(7-15)13-11-5-3-4-10(12)14-11/h3-5,8-9,15H,6-7H2,1-2H3,(H,13,14)/t9-/m1/s1. The predicted molar refractivity (Wildman–Crippen MR) is 58.1 cm³/mol. The highest BCUT2D eigenvalue weighted by Crippen LogP contribution is 2.11. The minimum atomic E-state index is -0.513. The lowest BCUT2D eigenvalue weighted by atomic mass is 10.0. The highest BCUT2D eigenvalue weighted by molar-refractivity contribution is 5.34. The van der Waals surface area contributed by atoms with Crippen LogP contribution in [-0.2, 0) is 0 Å². The Morgan fingerprint density at radius 3 is 2.73 bits per heavy atom. The number of aliphatic hydroxyl groups excluding tert-OH is 1. The van der Waals surface area contributed by atoms with E-state index in [-0.39, 0.29) is 12.6 Å². The van der Waals surface area contributed by atoms with Crippen LogP contribution in [0.25, 0.3) is 0 Å². The van der Waals surface area contributed by atoms with E-state index in [4.69, 9.17) is 5.11 Å². The van der Waals surface area contributed by atoms with Crippen molar-refractivity contribution in [1.29, 1.82) is 0 Å². The fourth-order valence-corrected chi connectivity index (χ4v) is 1.45. The van der Waals surface area contributed by atoms with Gasteiger partial charge >= 0.3 is 0 Å². The van der Waals surface area contributed by atoms with Crippen molar-refractivity contribution in [2.75, 3.05) is 11.9 Å². The Bertz CT molecular complexity index is 304. The summed E-state index contributed by atoms with van der Waals surface area (Å²) in [6, 6.07) is 4.50. The fraction of sp³-hybridized carbons (Fsp3) is 0.545. The highest BCUT2D eigenvalue weighted by Gasteiger charge is 2.10. The smallest absolute Gasteiger partial charge is 0.214 e. The van der Waals surface area contributed by atoms with E-state index in [1.165, 1.54) is 6.07 Å². The van der Waals surface area contributed by atoms with E-state index in [2.05, 4.69) is 24.1 Å². The van der Waals surface area contributed by atoms with Crippen LogP contribution in [0.5, 0.6) is 0 Å². The molecule has 4 heteroatoms. The first kappa shape index (κ1) is 11.9. The second-order valence-corrected chi connectivity index (χ2v) is 4.00. The molecule has 0 saturated heterocycles. The van der Waals surface area contributed by atoms with Crippen LogP contribution in [0.15, 0.2) is 18.2 Å². The summed E-state index contributed by atoms with van der Waals surface area (Å²) in [5.41, 5.74) is 0. The van der Waals surface area contributed by atoms with E-state index < -0.39 is 5.95 Å². The van der Waals surface area contributed by atoms with Crippen molar-refractivity contribution in [1.82, 2.24) is 4.98 Å². The van der Waals surface area contributed by atoms with Crippen molar-refractivity contribution < 1.29 is 9.50 Å². The molecule has 0 radical (unpaired) electrons. The molecule has 0 aliphatic carbocycles. The van der Waals surface area contributed by atoms with Gasteiger partial charge in [-0.2, -0.15) is 4.39 Å². The van der Waals surface area contributed by atoms with Gasteiger partial charge in [0.2, 0.25) is 5.95 Å². The first-order chi connectivity index (χ1) is 7.11. The lowest BCUT2D eigenvalue weighted by molar-refractivity contribution is 0.259. The van der Waals surface area contributed by atoms with Crippen LogP contribution in [-0.4, -0.2) is 22.7 Å². The molecule has 1 aromatic rings. The largest absolute Gasteiger partial charge is 0.394 e. The van der Waals surface area contributed by atoms with E-state index in [0.717, 1.165) is 6.42 Å². The van der Waals surface area contributed by atoms with E-state index in [1.54, 1.807) is 12.1 Å². The average Bonchev–Trinajstić information content (AvgIpc) is 2.16. The number of pyridine rings is 1. The Balaban J connectivity index is 2.58. The number of rotatable bonds is 5. The Hall–Kier alpha value is -1.16. The molecule has 15 heavy (non-hydrogen) atoms. The summed E-state index contributed by atoms with van der Waals surface area (Å²) >= 11 is 0. The zero-order valence-corrected chi connectivity index (χ0v) is 9.07. The minimum absolute atomic E-state index is 0.0242. The SMILES string of the molecule is CC(C)C[C@H](CO)Nc1cccc(F)n1. The van der Waals surface area contributed by atoms with Crippen LogP contribution in [0.4, 0.5) is 10.2 Å². The van der Waals surface area contributed by atoms with Crippen LogP contribution < -0.4 is 5.32 Å². The van der Waals surface area contributed by atoms with Crippen molar-refractivity contribution in [3.05, 3.63) is 24.1 Å². The van der Waals surface area contributed by atoms with E-state index >= 15 is 0 Å². The molecular formula is C11H17FN2O. The van der Waals surface area contributed by atoms with Crippen molar-refractivity contribution in [3.8, 4) is 0 Å². The Labute approximate surface area is 89.4 Å². The van der Waals surface area contributed by atoms with Gasteiger partial charge in [-0.15, -0.1) is 0 Å². The first-order valence-electron chi connectivity index (χ1n) is 5.11. The molecule has 0 saturated carbocycles. The fourth-order valence-electron chi connectivity index (χ4n) is 1.45. The summed E-state index contributed by atoms with van der Waals surface area (Å²) in [7, 11) is 0. The molecule has 0 aliphatic rings. The molecule has 2 N–H and O–H groups in total. The molecule has 1 aromatic heterocycles. The summed E-state index contributed by atoms with van der Waals surface area (Å²) < 4.78 is 12.8. The van der Waals surface area contributed by atoms with Crippen molar-refractivity contribution in [2.24, 2.45) is 5.92 Å². The third-order valence-corrected chi connectivity index (χ3v) is 2.04. The number of halogens is 1. The Morgan fingerprint density at radius 2 is 2.20 bits per heavy atom. The number of aliphatic hydroxyl groups is 1. The van der Waals surface area contributed by atoms with Crippen LogP contribution >= 0.6 is 0 Å². The summed E-state index contributed by atoms with van der Waals surface area (Å²) in [6.07, 6.45) is 0.828. The Kier molecular flexibility index (Phi) is 4.49. The van der Waals surface area contributed by atoms with Crippen LogP contribution in [0.2, 0.25) is 0 Å². The first-order valence-corrected chi connectivity index (χ1v) is 5.11. The summed E-state index contributed by atoms with van der Waals surface area (Å²) in [6.45, 7) is 4.17. The molecule has 0 aliphatic heterocycles. The molecule has 0 unspecified atom stereocenters. The van der Waals surface area contributed by atoms with Gasteiger partial charge in [0, 0.05) is 0 Å². The van der Waals surface area contributed by atoms with Crippen molar-refractivity contribution in [3.63, 3.8) is 0 Å². The van der Waals surface area contributed by atoms with Gasteiger partial charge in [-0.1, -0.05) is 19.9 Å². The molecule has 0 spiro atoms. The van der Waals surface area contributed by atoms with Gasteiger partial charge in [0.15, 0.2) is 0 Å². The molecule has 0 fully saturated rings. The third kappa shape index (κ3) is 4.25. The number of aromatic nitrogens is 1. The monoisotopic (exact) mass is 212 g/mol. The molecular weight excluding hydrogens is 195 g/mol. The number of nitrogens with zero attached hydrogens (tertiary/aromatic N) is 1. The Morgan fingerprint density at radius 1 is 1.47 bits per heavy atom. The van der Waals surface area contributed by atoms with Gasteiger partial charge in [-0.05, 0) is 24.5 Å².